The fraction of sp³-hybridized carbons (Fsp3) is 0.579. The van der Waals surface area contributed by atoms with Gasteiger partial charge < -0.3 is 24.1 Å². The van der Waals surface area contributed by atoms with Gasteiger partial charge in [0.05, 0.1) is 6.26 Å². The lowest BCUT2D eigenvalue weighted by Crippen LogP contribution is -2.54. The molecule has 29 heavy (non-hydrogen) atoms. The molecule has 1 saturated heterocycles. The number of carbonyl (C=O) groups is 1. The summed E-state index contributed by atoms with van der Waals surface area (Å²) in [6.45, 7) is 9.30. The first-order valence-electron chi connectivity index (χ1n) is 9.95. The summed E-state index contributed by atoms with van der Waals surface area (Å²) in [6, 6.07) is 3.45. The number of halogens is 1. The number of nitrogens with one attached hydrogen (secondary N) is 1. The van der Waals surface area contributed by atoms with Gasteiger partial charge in [0.15, 0.2) is 11.7 Å². The molecule has 0 aromatic carbocycles. The van der Waals surface area contributed by atoms with Crippen molar-refractivity contribution in [3.8, 4) is 0 Å². The van der Waals surface area contributed by atoms with Crippen LogP contribution in [-0.4, -0.2) is 75.7 Å². The average Bonchev–Trinajstić information content (AvgIpc) is 3.42. The number of aliphatic imine (C=N–C) groups is 1. The van der Waals surface area contributed by atoms with Crippen molar-refractivity contribution in [2.24, 2.45) is 4.99 Å². The Morgan fingerprint density at radius 3 is 2.66 bits per heavy atom. The van der Waals surface area contributed by atoms with Crippen molar-refractivity contribution in [3.05, 3.63) is 36.3 Å². The van der Waals surface area contributed by atoms with Gasteiger partial charge in [-0.2, -0.15) is 0 Å². The first-order chi connectivity index (χ1) is 13.7. The predicted octanol–water partition coefficient (Wildman–Crippen LogP) is 1.87. The SMILES string of the molecule is CCCN=C(NCCn1cnnc1CC)N1CCN(C(=O)c2ccco2)CC1.I. The summed E-state index contributed by atoms with van der Waals surface area (Å²) in [5.41, 5.74) is 0. The van der Waals surface area contributed by atoms with Gasteiger partial charge in [0.1, 0.15) is 12.2 Å². The highest BCUT2D eigenvalue weighted by atomic mass is 127. The minimum Gasteiger partial charge on any atom is -0.459 e. The Bertz CT molecular complexity index is 767. The zero-order chi connectivity index (χ0) is 19.8. The number of rotatable bonds is 7. The van der Waals surface area contributed by atoms with E-state index in [1.165, 1.54) is 6.26 Å². The van der Waals surface area contributed by atoms with Crippen molar-refractivity contribution >= 4 is 35.8 Å². The molecule has 10 heteroatoms. The van der Waals surface area contributed by atoms with Gasteiger partial charge in [-0.15, -0.1) is 34.2 Å². The van der Waals surface area contributed by atoms with Crippen LogP contribution in [-0.2, 0) is 13.0 Å². The van der Waals surface area contributed by atoms with E-state index in [0.29, 0.717) is 18.8 Å². The minimum absolute atomic E-state index is 0. The number of carbonyl (C=O) groups excluding carboxylic acids is 1. The van der Waals surface area contributed by atoms with E-state index in [-0.39, 0.29) is 29.9 Å². The highest BCUT2D eigenvalue weighted by Crippen LogP contribution is 2.09. The monoisotopic (exact) mass is 515 g/mol. The summed E-state index contributed by atoms with van der Waals surface area (Å²) in [4.78, 5) is 21.2. The zero-order valence-corrected chi connectivity index (χ0v) is 19.4. The van der Waals surface area contributed by atoms with Crippen LogP contribution in [0.4, 0.5) is 0 Å². The molecule has 3 rings (SSSR count). The molecule has 1 N–H and O–H groups in total. The second-order valence-corrected chi connectivity index (χ2v) is 6.68. The van der Waals surface area contributed by atoms with E-state index in [4.69, 9.17) is 9.41 Å². The highest BCUT2D eigenvalue weighted by molar-refractivity contribution is 14.0. The van der Waals surface area contributed by atoms with Gasteiger partial charge in [-0.05, 0) is 18.6 Å². The molecular formula is C19H30IN7O2. The second-order valence-electron chi connectivity index (χ2n) is 6.68. The van der Waals surface area contributed by atoms with Crippen molar-refractivity contribution in [2.45, 2.75) is 33.2 Å². The van der Waals surface area contributed by atoms with Gasteiger partial charge in [0.2, 0.25) is 0 Å². The van der Waals surface area contributed by atoms with Crippen LogP contribution in [0.5, 0.6) is 0 Å². The summed E-state index contributed by atoms with van der Waals surface area (Å²) < 4.78 is 7.29. The number of hydrogen-bond acceptors (Lipinski definition) is 5. The largest absolute Gasteiger partial charge is 0.459 e. The lowest BCUT2D eigenvalue weighted by Gasteiger charge is -2.36. The molecule has 0 saturated carbocycles. The van der Waals surface area contributed by atoms with Crippen LogP contribution in [0.2, 0.25) is 0 Å². The van der Waals surface area contributed by atoms with E-state index < -0.39 is 0 Å². The number of aryl methyl sites for hydroxylation is 1. The summed E-state index contributed by atoms with van der Waals surface area (Å²) in [5, 5.41) is 11.6. The van der Waals surface area contributed by atoms with E-state index in [9.17, 15) is 4.79 Å². The molecule has 0 aliphatic carbocycles. The van der Waals surface area contributed by atoms with Crippen LogP contribution in [0.3, 0.4) is 0 Å². The van der Waals surface area contributed by atoms with E-state index >= 15 is 0 Å². The first kappa shape index (κ1) is 23.2. The van der Waals surface area contributed by atoms with Crippen molar-refractivity contribution in [2.75, 3.05) is 39.3 Å². The number of piperazine rings is 1. The molecule has 0 spiro atoms. The van der Waals surface area contributed by atoms with Gasteiger partial charge in [-0.25, -0.2) is 0 Å². The van der Waals surface area contributed by atoms with E-state index in [1.807, 2.05) is 4.90 Å². The number of amides is 1. The van der Waals surface area contributed by atoms with Gasteiger partial charge in [-0.1, -0.05) is 13.8 Å². The maximum Gasteiger partial charge on any atom is 0.289 e. The normalized spacial score (nSPS) is 14.6. The minimum atomic E-state index is -0.0515. The van der Waals surface area contributed by atoms with Crippen molar-refractivity contribution in [3.63, 3.8) is 0 Å². The third kappa shape index (κ3) is 6.18. The van der Waals surface area contributed by atoms with Crippen LogP contribution in [0.25, 0.3) is 0 Å². The third-order valence-corrected chi connectivity index (χ3v) is 4.73. The van der Waals surface area contributed by atoms with Crippen LogP contribution >= 0.6 is 24.0 Å². The van der Waals surface area contributed by atoms with Crippen LogP contribution in [0.1, 0.15) is 36.6 Å². The summed E-state index contributed by atoms with van der Waals surface area (Å²) in [6.07, 6.45) is 5.15. The molecule has 1 aliphatic heterocycles. The fourth-order valence-electron chi connectivity index (χ4n) is 3.19. The molecule has 2 aromatic rings. The van der Waals surface area contributed by atoms with Crippen LogP contribution in [0.15, 0.2) is 34.1 Å². The van der Waals surface area contributed by atoms with Crippen molar-refractivity contribution < 1.29 is 9.21 Å². The Morgan fingerprint density at radius 1 is 1.24 bits per heavy atom. The molecular weight excluding hydrogens is 485 g/mol. The molecule has 2 aromatic heterocycles. The summed E-state index contributed by atoms with van der Waals surface area (Å²) in [5.74, 6) is 2.23. The van der Waals surface area contributed by atoms with E-state index in [0.717, 1.165) is 57.3 Å². The first-order valence-corrected chi connectivity index (χ1v) is 9.95. The molecule has 3 heterocycles. The maximum atomic E-state index is 12.4. The number of aromatic nitrogens is 3. The van der Waals surface area contributed by atoms with E-state index in [1.54, 1.807) is 18.5 Å². The Morgan fingerprint density at radius 2 is 2.00 bits per heavy atom. The molecule has 0 atom stereocenters. The predicted molar refractivity (Wildman–Crippen MR) is 122 cm³/mol. The fourth-order valence-corrected chi connectivity index (χ4v) is 3.19. The number of furan rings is 1. The van der Waals surface area contributed by atoms with Crippen molar-refractivity contribution in [1.82, 2.24) is 29.9 Å². The van der Waals surface area contributed by atoms with Crippen LogP contribution < -0.4 is 5.32 Å². The Balaban J connectivity index is 0.00000300. The van der Waals surface area contributed by atoms with Gasteiger partial charge in [-0.3, -0.25) is 9.79 Å². The lowest BCUT2D eigenvalue weighted by molar-refractivity contribution is 0.0657. The summed E-state index contributed by atoms with van der Waals surface area (Å²) >= 11 is 0. The molecule has 0 unspecified atom stereocenters. The van der Waals surface area contributed by atoms with Gasteiger partial charge in [0, 0.05) is 52.2 Å². The lowest BCUT2D eigenvalue weighted by atomic mass is 10.3. The number of nitrogens with zero attached hydrogens (tertiary/aromatic N) is 6. The Kier molecular flexibility index (Phi) is 9.42. The molecule has 1 aliphatic rings. The second kappa shape index (κ2) is 11.8. The van der Waals surface area contributed by atoms with Crippen LogP contribution in [0, 0.1) is 0 Å². The average molecular weight is 515 g/mol. The highest BCUT2D eigenvalue weighted by Gasteiger charge is 2.25. The third-order valence-electron chi connectivity index (χ3n) is 4.73. The van der Waals surface area contributed by atoms with Gasteiger partial charge >= 0.3 is 0 Å². The summed E-state index contributed by atoms with van der Waals surface area (Å²) in [7, 11) is 0. The zero-order valence-electron chi connectivity index (χ0n) is 17.1. The molecule has 0 radical (unpaired) electrons. The molecule has 160 valence electrons. The Labute approximate surface area is 188 Å². The van der Waals surface area contributed by atoms with Gasteiger partial charge in [0.25, 0.3) is 5.91 Å². The Hall–Kier alpha value is -2.11. The topological polar surface area (TPSA) is 91.8 Å². The van der Waals surface area contributed by atoms with Crippen molar-refractivity contribution in [1.29, 1.82) is 0 Å². The standard InChI is InChI=1S/C19H29N7O2.HI/c1-3-7-20-19(21-8-9-26-15-22-23-17(26)4-2)25-12-10-24(11-13-25)18(27)16-6-5-14-28-16;/h5-6,14-15H,3-4,7-13H2,1-2H3,(H,20,21);1H. The quantitative estimate of drug-likeness (QED) is 0.344. The molecule has 1 fully saturated rings. The number of hydrogen-bond donors (Lipinski definition) is 1. The molecule has 1 amide bonds. The number of guanidine groups is 1. The molecule has 0 bridgehead atoms. The maximum absolute atomic E-state index is 12.4. The molecule has 9 nitrogen and oxygen atoms in total. The van der Waals surface area contributed by atoms with E-state index in [2.05, 4.69) is 38.8 Å². The smallest absolute Gasteiger partial charge is 0.289 e.